The quantitative estimate of drug-likeness (QED) is 0.777. The van der Waals surface area contributed by atoms with E-state index in [0.717, 1.165) is 50.6 Å². The normalized spacial score (nSPS) is 26.0. The maximum atomic E-state index is 12.4. The maximum absolute atomic E-state index is 12.4. The van der Waals surface area contributed by atoms with Crippen molar-refractivity contribution in [2.45, 2.75) is 19.3 Å². The van der Waals surface area contributed by atoms with Crippen molar-refractivity contribution < 1.29 is 9.53 Å². The van der Waals surface area contributed by atoms with Crippen LogP contribution >= 0.6 is 11.5 Å². The average molecular weight is 323 g/mol. The number of carbonyl (C=O) groups excluding carboxylic acids is 1. The Kier molecular flexibility index (Phi) is 5.44. The minimum Gasteiger partial charge on any atom is -0.385 e. The Labute approximate surface area is 136 Å². The first-order valence-corrected chi connectivity index (χ1v) is 8.96. The highest BCUT2D eigenvalue weighted by Gasteiger charge is 2.37. The van der Waals surface area contributed by atoms with Gasteiger partial charge in [-0.25, -0.2) is 4.37 Å². The molecule has 2 fully saturated rings. The third-order valence-electron chi connectivity index (χ3n) is 4.97. The van der Waals surface area contributed by atoms with Crippen LogP contribution in [-0.2, 0) is 4.74 Å². The van der Waals surface area contributed by atoms with Crippen LogP contribution in [0.2, 0.25) is 0 Å². The number of fused-ring (bicyclic) bond motifs is 1. The Morgan fingerprint density at radius 1 is 1.36 bits per heavy atom. The lowest BCUT2D eigenvalue weighted by molar-refractivity contribution is 0.0784. The summed E-state index contributed by atoms with van der Waals surface area (Å²) in [6.07, 6.45) is 5.25. The summed E-state index contributed by atoms with van der Waals surface area (Å²) in [5, 5.41) is 0. The smallest absolute Gasteiger partial charge is 0.265 e. The molecule has 2 saturated heterocycles. The SMILES string of the molecule is COCCCN1CC[C@@H]2CN(C(=O)c3ccns3)C[C@@H]2CC1. The highest BCUT2D eigenvalue weighted by atomic mass is 32.1. The van der Waals surface area contributed by atoms with Crippen LogP contribution in [0.5, 0.6) is 0 Å². The lowest BCUT2D eigenvalue weighted by Crippen LogP contribution is -2.31. The maximum Gasteiger partial charge on any atom is 0.265 e. The third kappa shape index (κ3) is 3.67. The van der Waals surface area contributed by atoms with Crippen molar-refractivity contribution in [1.29, 1.82) is 0 Å². The standard InChI is InChI=1S/C16H25N3O2S/c1-21-10-2-7-18-8-4-13-11-19(12-14(13)5-9-18)16(20)15-3-6-17-22-15/h3,6,13-14H,2,4-5,7-12H2,1H3/t13-,14+. The predicted molar refractivity (Wildman–Crippen MR) is 87.2 cm³/mol. The zero-order valence-corrected chi connectivity index (χ0v) is 14.1. The Morgan fingerprint density at radius 2 is 2.09 bits per heavy atom. The number of amides is 1. The van der Waals surface area contributed by atoms with Gasteiger partial charge in [0.05, 0.1) is 0 Å². The van der Waals surface area contributed by atoms with Gasteiger partial charge in [-0.1, -0.05) is 0 Å². The molecular weight excluding hydrogens is 298 g/mol. The summed E-state index contributed by atoms with van der Waals surface area (Å²) in [6, 6.07) is 1.83. The van der Waals surface area contributed by atoms with Gasteiger partial charge in [-0.05, 0) is 61.8 Å². The fourth-order valence-corrected chi connectivity index (χ4v) is 4.27. The second kappa shape index (κ2) is 7.53. The molecule has 1 amide bonds. The molecule has 5 nitrogen and oxygen atoms in total. The van der Waals surface area contributed by atoms with E-state index in [0.29, 0.717) is 11.8 Å². The highest BCUT2D eigenvalue weighted by molar-refractivity contribution is 7.08. The molecule has 0 unspecified atom stereocenters. The molecule has 3 rings (SSSR count). The molecule has 6 heteroatoms. The van der Waals surface area contributed by atoms with Gasteiger partial charge in [-0.2, -0.15) is 0 Å². The summed E-state index contributed by atoms with van der Waals surface area (Å²) in [4.78, 5) is 17.8. The van der Waals surface area contributed by atoms with E-state index in [1.165, 1.54) is 24.4 Å². The Morgan fingerprint density at radius 3 is 2.68 bits per heavy atom. The van der Waals surface area contributed by atoms with Crippen LogP contribution < -0.4 is 0 Å². The second-order valence-electron chi connectivity index (χ2n) is 6.37. The molecular formula is C16H25N3O2S. The fourth-order valence-electron chi connectivity index (χ4n) is 3.71. The van der Waals surface area contributed by atoms with Crippen molar-refractivity contribution in [1.82, 2.24) is 14.2 Å². The molecule has 22 heavy (non-hydrogen) atoms. The number of carbonyl (C=O) groups is 1. The number of likely N-dealkylation sites (tertiary alicyclic amines) is 2. The summed E-state index contributed by atoms with van der Waals surface area (Å²) in [6.45, 7) is 6.15. The van der Waals surface area contributed by atoms with Crippen molar-refractivity contribution >= 4 is 17.4 Å². The number of nitrogens with zero attached hydrogens (tertiary/aromatic N) is 3. The van der Waals surface area contributed by atoms with Gasteiger partial charge in [0.25, 0.3) is 5.91 Å². The van der Waals surface area contributed by atoms with Gasteiger partial charge in [0.1, 0.15) is 4.88 Å². The van der Waals surface area contributed by atoms with E-state index in [-0.39, 0.29) is 5.91 Å². The molecule has 0 radical (unpaired) electrons. The third-order valence-corrected chi connectivity index (χ3v) is 5.70. The highest BCUT2D eigenvalue weighted by Crippen LogP contribution is 2.32. The first-order chi connectivity index (χ1) is 10.8. The largest absolute Gasteiger partial charge is 0.385 e. The van der Waals surface area contributed by atoms with Crippen molar-refractivity contribution in [3.63, 3.8) is 0 Å². The van der Waals surface area contributed by atoms with E-state index in [9.17, 15) is 4.79 Å². The first-order valence-electron chi connectivity index (χ1n) is 8.19. The van der Waals surface area contributed by atoms with E-state index in [1.807, 2.05) is 11.0 Å². The van der Waals surface area contributed by atoms with Crippen molar-refractivity contribution in [2.24, 2.45) is 11.8 Å². The first kappa shape index (κ1) is 15.9. The predicted octanol–water partition coefficient (Wildman–Crippen LogP) is 1.96. The molecule has 3 heterocycles. The molecule has 1 aromatic heterocycles. The van der Waals surface area contributed by atoms with Crippen molar-refractivity contribution in [3.8, 4) is 0 Å². The molecule has 1 aromatic rings. The van der Waals surface area contributed by atoms with E-state index >= 15 is 0 Å². The van der Waals surface area contributed by atoms with Gasteiger partial charge in [-0.3, -0.25) is 4.79 Å². The molecule has 0 spiro atoms. The number of hydrogen-bond acceptors (Lipinski definition) is 5. The Bertz CT molecular complexity index is 464. The fraction of sp³-hybridized carbons (Fsp3) is 0.750. The Hall–Kier alpha value is -0.980. The minimum atomic E-state index is 0.174. The monoisotopic (exact) mass is 323 g/mol. The minimum absolute atomic E-state index is 0.174. The van der Waals surface area contributed by atoms with E-state index in [4.69, 9.17) is 4.74 Å². The molecule has 2 aliphatic heterocycles. The van der Waals surface area contributed by atoms with Gasteiger partial charge in [0.2, 0.25) is 0 Å². The van der Waals surface area contributed by atoms with E-state index in [2.05, 4.69) is 9.27 Å². The molecule has 0 bridgehead atoms. The van der Waals surface area contributed by atoms with Crippen LogP contribution in [0.4, 0.5) is 0 Å². The number of methoxy groups -OCH3 is 1. The summed E-state index contributed by atoms with van der Waals surface area (Å²) < 4.78 is 9.18. The average Bonchev–Trinajstić information content (AvgIpc) is 3.16. The van der Waals surface area contributed by atoms with Crippen molar-refractivity contribution in [2.75, 3.05) is 46.4 Å². The zero-order chi connectivity index (χ0) is 15.4. The molecule has 0 N–H and O–H groups in total. The molecule has 0 aromatic carbocycles. The van der Waals surface area contributed by atoms with Crippen LogP contribution in [0.3, 0.4) is 0 Å². The van der Waals surface area contributed by atoms with Gasteiger partial charge in [0, 0.05) is 39.5 Å². The molecule has 0 saturated carbocycles. The van der Waals surface area contributed by atoms with Gasteiger partial charge in [-0.15, -0.1) is 0 Å². The lowest BCUT2D eigenvalue weighted by atomic mass is 9.92. The topological polar surface area (TPSA) is 45.7 Å². The molecule has 0 aliphatic carbocycles. The number of aromatic nitrogens is 1. The zero-order valence-electron chi connectivity index (χ0n) is 13.2. The van der Waals surface area contributed by atoms with Crippen LogP contribution in [0.1, 0.15) is 28.9 Å². The second-order valence-corrected chi connectivity index (χ2v) is 7.21. The summed E-state index contributed by atoms with van der Waals surface area (Å²) in [7, 11) is 1.77. The molecule has 122 valence electrons. The number of hydrogen-bond donors (Lipinski definition) is 0. The van der Waals surface area contributed by atoms with E-state index < -0.39 is 0 Å². The van der Waals surface area contributed by atoms with Crippen LogP contribution in [0, 0.1) is 11.8 Å². The summed E-state index contributed by atoms with van der Waals surface area (Å²) >= 11 is 1.31. The Balaban J connectivity index is 1.50. The van der Waals surface area contributed by atoms with Gasteiger partial charge >= 0.3 is 0 Å². The summed E-state index contributed by atoms with van der Waals surface area (Å²) in [5.74, 6) is 1.51. The van der Waals surface area contributed by atoms with Crippen molar-refractivity contribution in [3.05, 3.63) is 17.1 Å². The van der Waals surface area contributed by atoms with Crippen LogP contribution in [0.25, 0.3) is 0 Å². The van der Waals surface area contributed by atoms with E-state index in [1.54, 1.807) is 13.3 Å². The number of ether oxygens (including phenoxy) is 1. The number of rotatable bonds is 5. The van der Waals surface area contributed by atoms with Gasteiger partial charge in [0.15, 0.2) is 0 Å². The molecule has 2 atom stereocenters. The van der Waals surface area contributed by atoms with Crippen LogP contribution in [0.15, 0.2) is 12.3 Å². The lowest BCUT2D eigenvalue weighted by Gasteiger charge is -2.21. The summed E-state index contributed by atoms with van der Waals surface area (Å²) in [5.41, 5.74) is 0. The molecule has 2 aliphatic rings. The van der Waals surface area contributed by atoms with Gasteiger partial charge < -0.3 is 14.5 Å². The van der Waals surface area contributed by atoms with Crippen LogP contribution in [-0.4, -0.2) is 66.5 Å².